The average Bonchev–Trinajstić information content (AvgIpc) is 2.98. The van der Waals surface area contributed by atoms with Crippen LogP contribution in [0.5, 0.6) is 5.75 Å². The van der Waals surface area contributed by atoms with Gasteiger partial charge >= 0.3 is 0 Å². The van der Waals surface area contributed by atoms with Crippen LogP contribution in [0.25, 0.3) is 5.76 Å². The van der Waals surface area contributed by atoms with Crippen molar-refractivity contribution in [1.82, 2.24) is 9.80 Å². The van der Waals surface area contributed by atoms with Gasteiger partial charge in [-0.2, -0.15) is 0 Å². The third-order valence-corrected chi connectivity index (χ3v) is 5.20. The largest absolute Gasteiger partial charge is 0.507 e. The number of nitrogens with zero attached hydrogens (tertiary/aromatic N) is 3. The van der Waals surface area contributed by atoms with Gasteiger partial charge in [-0.15, -0.1) is 0 Å². The number of phenolic OH excluding ortho intramolecular Hbond substituents is 1. The molecular weight excluding hydrogens is 426 g/mol. The van der Waals surface area contributed by atoms with Gasteiger partial charge in [0.15, 0.2) is 0 Å². The van der Waals surface area contributed by atoms with E-state index in [2.05, 4.69) is 0 Å². The number of halogens is 1. The van der Waals surface area contributed by atoms with Gasteiger partial charge < -0.3 is 20.0 Å². The highest BCUT2D eigenvalue weighted by molar-refractivity contribution is 6.46. The van der Waals surface area contributed by atoms with E-state index in [0.717, 1.165) is 0 Å². The van der Waals surface area contributed by atoms with E-state index in [0.29, 0.717) is 12.1 Å². The van der Waals surface area contributed by atoms with Crippen molar-refractivity contribution in [2.24, 2.45) is 0 Å². The fourth-order valence-corrected chi connectivity index (χ4v) is 3.56. The number of aromatic hydroxyl groups is 1. The normalized spacial score (nSPS) is 18.1. The molecule has 0 radical (unpaired) electrons. The van der Waals surface area contributed by atoms with Gasteiger partial charge in [0.2, 0.25) is 0 Å². The van der Waals surface area contributed by atoms with Gasteiger partial charge in [-0.05, 0) is 50.0 Å². The molecule has 2 aromatic rings. The lowest BCUT2D eigenvalue weighted by atomic mass is 9.95. The van der Waals surface area contributed by atoms with Crippen LogP contribution in [0.1, 0.15) is 17.2 Å². The monoisotopic (exact) mass is 445 g/mol. The molecule has 0 aromatic heterocycles. The number of likely N-dealkylation sites (tertiary alicyclic amines) is 1. The first-order valence-corrected chi connectivity index (χ1v) is 9.66. The minimum absolute atomic E-state index is 0.0926. The first-order chi connectivity index (χ1) is 14.6. The molecule has 1 fully saturated rings. The number of nitro benzene ring substituents is 1. The molecule has 2 N–H and O–H groups in total. The number of non-ortho nitro benzene ring substituents is 1. The summed E-state index contributed by atoms with van der Waals surface area (Å²) >= 11 is 5.97. The number of hydrogen-bond acceptors (Lipinski definition) is 7. The topological polar surface area (TPSA) is 124 Å². The molecule has 1 heterocycles. The molecule has 0 saturated carbocycles. The van der Waals surface area contributed by atoms with E-state index < -0.39 is 28.4 Å². The third-order valence-electron chi connectivity index (χ3n) is 4.96. The number of ketones is 1. The highest BCUT2D eigenvalue weighted by Gasteiger charge is 2.46. The molecule has 3 rings (SSSR count). The summed E-state index contributed by atoms with van der Waals surface area (Å²) in [6.07, 6.45) is 0. The van der Waals surface area contributed by atoms with Gasteiger partial charge in [-0.25, -0.2) is 0 Å². The van der Waals surface area contributed by atoms with E-state index in [9.17, 15) is 29.9 Å². The number of rotatable bonds is 6. The maximum absolute atomic E-state index is 12.9. The van der Waals surface area contributed by atoms with Gasteiger partial charge in [0, 0.05) is 30.2 Å². The van der Waals surface area contributed by atoms with Crippen molar-refractivity contribution in [1.29, 1.82) is 0 Å². The summed E-state index contributed by atoms with van der Waals surface area (Å²) in [5.41, 5.74) is -0.0618. The summed E-state index contributed by atoms with van der Waals surface area (Å²) in [7, 11) is 3.61. The Morgan fingerprint density at radius 2 is 1.84 bits per heavy atom. The molecule has 1 amide bonds. The number of carbonyl (C=O) groups is 2. The van der Waals surface area contributed by atoms with Gasteiger partial charge in [-0.1, -0.05) is 11.6 Å². The van der Waals surface area contributed by atoms with Crippen molar-refractivity contribution in [2.45, 2.75) is 6.04 Å². The van der Waals surface area contributed by atoms with Crippen LogP contribution in [-0.2, 0) is 9.59 Å². The molecule has 0 aliphatic carbocycles. The SMILES string of the molecule is CN(C)CCN1C(=O)C(=O)C(=C(O)c2cc(Cl)ccc2O)[C@H]1c1ccc([N+](=O)[O-])cc1. The van der Waals surface area contributed by atoms with Crippen LogP contribution in [0.2, 0.25) is 5.02 Å². The first kappa shape index (κ1) is 22.3. The Kier molecular flexibility index (Phi) is 6.28. The minimum Gasteiger partial charge on any atom is -0.507 e. The van der Waals surface area contributed by atoms with Gasteiger partial charge in [0.1, 0.15) is 11.5 Å². The molecule has 1 aliphatic rings. The average molecular weight is 446 g/mol. The van der Waals surface area contributed by atoms with Crippen molar-refractivity contribution < 1.29 is 24.7 Å². The Balaban J connectivity index is 2.19. The van der Waals surface area contributed by atoms with Crippen molar-refractivity contribution in [2.75, 3.05) is 27.2 Å². The Hall–Kier alpha value is -3.43. The molecule has 1 aliphatic heterocycles. The van der Waals surface area contributed by atoms with Crippen LogP contribution in [0.15, 0.2) is 48.0 Å². The van der Waals surface area contributed by atoms with Gasteiger partial charge in [0.05, 0.1) is 22.1 Å². The summed E-state index contributed by atoms with van der Waals surface area (Å²) < 4.78 is 0. The zero-order chi connectivity index (χ0) is 22.9. The fraction of sp³-hybridized carbons (Fsp3) is 0.238. The number of benzene rings is 2. The van der Waals surface area contributed by atoms with E-state index in [4.69, 9.17) is 11.6 Å². The molecule has 0 bridgehead atoms. The number of nitro groups is 1. The zero-order valence-corrected chi connectivity index (χ0v) is 17.5. The second-order valence-electron chi connectivity index (χ2n) is 7.31. The molecule has 9 nitrogen and oxygen atoms in total. The molecular formula is C21H20ClN3O6. The quantitative estimate of drug-likeness (QED) is 0.230. The lowest BCUT2D eigenvalue weighted by molar-refractivity contribution is -0.384. The fourth-order valence-electron chi connectivity index (χ4n) is 3.39. The first-order valence-electron chi connectivity index (χ1n) is 9.28. The summed E-state index contributed by atoms with van der Waals surface area (Å²) in [6.45, 7) is 0.622. The molecule has 31 heavy (non-hydrogen) atoms. The highest BCUT2D eigenvalue weighted by Crippen LogP contribution is 2.41. The number of hydrogen-bond donors (Lipinski definition) is 2. The number of amides is 1. The summed E-state index contributed by atoms with van der Waals surface area (Å²) in [5, 5.41) is 32.3. The second kappa shape index (κ2) is 8.75. The van der Waals surface area contributed by atoms with E-state index in [1.54, 1.807) is 0 Å². The summed E-state index contributed by atoms with van der Waals surface area (Å²) in [4.78, 5) is 39.2. The Bertz CT molecular complexity index is 1080. The lowest BCUT2D eigenvalue weighted by Gasteiger charge is -2.26. The number of phenols is 1. The van der Waals surface area contributed by atoms with E-state index in [-0.39, 0.29) is 34.1 Å². The minimum atomic E-state index is -0.987. The maximum atomic E-state index is 12.9. The lowest BCUT2D eigenvalue weighted by Crippen LogP contribution is -2.35. The van der Waals surface area contributed by atoms with Crippen LogP contribution in [0.3, 0.4) is 0 Å². The molecule has 10 heteroatoms. The molecule has 1 saturated heterocycles. The highest BCUT2D eigenvalue weighted by atomic mass is 35.5. The summed E-state index contributed by atoms with van der Waals surface area (Å²) in [6, 6.07) is 8.37. The second-order valence-corrected chi connectivity index (χ2v) is 7.74. The Morgan fingerprint density at radius 3 is 2.42 bits per heavy atom. The number of aliphatic hydroxyl groups is 1. The molecule has 1 atom stereocenters. The summed E-state index contributed by atoms with van der Waals surface area (Å²) in [5.74, 6) is -2.62. The Labute approximate surface area is 182 Å². The van der Waals surface area contributed by atoms with Crippen molar-refractivity contribution in [3.8, 4) is 5.75 Å². The third kappa shape index (κ3) is 4.37. The predicted octanol–water partition coefficient (Wildman–Crippen LogP) is 2.94. The molecule has 0 unspecified atom stereocenters. The smallest absolute Gasteiger partial charge is 0.295 e. The molecule has 162 valence electrons. The number of aliphatic hydroxyl groups excluding tert-OH is 1. The predicted molar refractivity (Wildman–Crippen MR) is 114 cm³/mol. The van der Waals surface area contributed by atoms with Crippen LogP contribution in [0, 0.1) is 10.1 Å². The van der Waals surface area contributed by atoms with Crippen molar-refractivity contribution in [3.05, 3.63) is 74.3 Å². The van der Waals surface area contributed by atoms with E-state index >= 15 is 0 Å². The zero-order valence-electron chi connectivity index (χ0n) is 16.8. The van der Waals surface area contributed by atoms with E-state index in [1.165, 1.54) is 47.4 Å². The van der Waals surface area contributed by atoms with Crippen LogP contribution < -0.4 is 0 Å². The van der Waals surface area contributed by atoms with Gasteiger partial charge in [0.25, 0.3) is 17.4 Å². The van der Waals surface area contributed by atoms with Gasteiger partial charge in [-0.3, -0.25) is 19.7 Å². The number of Topliss-reactive ketones (excluding diaryl/α,β-unsaturated/α-hetero) is 1. The molecule has 2 aromatic carbocycles. The van der Waals surface area contributed by atoms with Crippen molar-refractivity contribution in [3.63, 3.8) is 0 Å². The Morgan fingerprint density at radius 1 is 1.19 bits per heavy atom. The standard InChI is InChI=1S/C21H20ClN3O6/c1-23(2)9-10-24-18(12-3-6-14(7-4-12)25(30)31)17(20(28)21(24)29)19(27)15-11-13(22)5-8-16(15)26/h3-8,11,18,26-27H,9-10H2,1-2H3/t18-/m1/s1. The number of likely N-dealkylation sites (N-methyl/N-ethyl adjacent to an activating group) is 1. The van der Waals surface area contributed by atoms with Crippen LogP contribution >= 0.6 is 11.6 Å². The van der Waals surface area contributed by atoms with Crippen molar-refractivity contribution >= 4 is 34.7 Å². The van der Waals surface area contributed by atoms with Crippen LogP contribution in [0.4, 0.5) is 5.69 Å². The maximum Gasteiger partial charge on any atom is 0.295 e. The molecule has 0 spiro atoms. The van der Waals surface area contributed by atoms with Crippen LogP contribution in [-0.4, -0.2) is 63.8 Å². The number of carbonyl (C=O) groups excluding carboxylic acids is 2. The van der Waals surface area contributed by atoms with E-state index in [1.807, 2.05) is 19.0 Å².